The van der Waals surface area contributed by atoms with E-state index in [1.54, 1.807) is 25.2 Å². The molecule has 2 aliphatic rings. The SMILES string of the molecule is CC1=C(CNc2nc(C)c(-c3nc4ccccc4s3)c(N[C@@H]3C[C@H](CO)C[C@H]3OC(C)(C)O)n2)SCC1. The predicted octanol–water partition coefficient (Wildman–Crippen LogP) is 5.18. The number of para-hydroxylation sites is 1. The Balaban J connectivity index is 1.51. The number of nitrogens with one attached hydrogen (secondary N) is 2. The molecule has 1 aliphatic carbocycles. The van der Waals surface area contributed by atoms with Crippen LogP contribution in [0.25, 0.3) is 20.8 Å². The summed E-state index contributed by atoms with van der Waals surface area (Å²) in [5.41, 5.74) is 4.07. The van der Waals surface area contributed by atoms with E-state index < -0.39 is 5.79 Å². The van der Waals surface area contributed by atoms with Crippen LogP contribution in [0.2, 0.25) is 0 Å². The summed E-state index contributed by atoms with van der Waals surface area (Å²) in [5.74, 6) is 1.19. The molecule has 1 aromatic carbocycles. The molecule has 1 fully saturated rings. The van der Waals surface area contributed by atoms with Crippen LogP contribution in [-0.2, 0) is 4.74 Å². The van der Waals surface area contributed by atoms with Gasteiger partial charge in [0.25, 0.3) is 0 Å². The second-order valence-corrected chi connectivity index (χ2v) is 12.6. The highest BCUT2D eigenvalue weighted by atomic mass is 32.2. The third-order valence-corrected chi connectivity index (χ3v) is 9.16. The van der Waals surface area contributed by atoms with Crippen LogP contribution in [0.1, 0.15) is 45.7 Å². The summed E-state index contributed by atoms with van der Waals surface area (Å²) >= 11 is 3.51. The van der Waals surface area contributed by atoms with Gasteiger partial charge in [-0.05, 0) is 65.0 Å². The molecule has 3 atom stereocenters. The number of anilines is 2. The van der Waals surface area contributed by atoms with Crippen molar-refractivity contribution in [1.82, 2.24) is 15.0 Å². The summed E-state index contributed by atoms with van der Waals surface area (Å²) in [6, 6.07) is 7.96. The summed E-state index contributed by atoms with van der Waals surface area (Å²) < 4.78 is 7.10. The van der Waals surface area contributed by atoms with E-state index in [-0.39, 0.29) is 24.7 Å². The molecule has 4 N–H and O–H groups in total. The molecule has 3 heterocycles. The van der Waals surface area contributed by atoms with E-state index in [1.165, 1.54) is 10.5 Å². The average Bonchev–Trinajstić information content (AvgIpc) is 3.55. The van der Waals surface area contributed by atoms with Crippen LogP contribution < -0.4 is 10.6 Å². The van der Waals surface area contributed by atoms with E-state index in [2.05, 4.69) is 23.6 Å². The summed E-state index contributed by atoms with van der Waals surface area (Å²) in [6.45, 7) is 8.23. The number of thioether (sulfide) groups is 1. The monoisotopic (exact) mass is 541 g/mol. The van der Waals surface area contributed by atoms with Crippen LogP contribution in [0, 0.1) is 12.8 Å². The van der Waals surface area contributed by atoms with E-state index >= 15 is 0 Å². The minimum absolute atomic E-state index is 0.0797. The van der Waals surface area contributed by atoms with Crippen LogP contribution in [0.15, 0.2) is 34.7 Å². The van der Waals surface area contributed by atoms with Crippen molar-refractivity contribution in [2.24, 2.45) is 5.92 Å². The highest BCUT2D eigenvalue weighted by Gasteiger charge is 2.38. The van der Waals surface area contributed by atoms with E-state index in [4.69, 9.17) is 19.7 Å². The zero-order valence-electron chi connectivity index (χ0n) is 21.7. The number of allylic oxidation sites excluding steroid dienone is 1. The lowest BCUT2D eigenvalue weighted by atomic mass is 10.1. The third-order valence-electron chi connectivity index (χ3n) is 6.86. The van der Waals surface area contributed by atoms with Gasteiger partial charge in [-0.15, -0.1) is 23.1 Å². The van der Waals surface area contributed by atoms with E-state index in [0.717, 1.165) is 38.7 Å². The van der Waals surface area contributed by atoms with Crippen molar-refractivity contribution in [1.29, 1.82) is 0 Å². The Morgan fingerprint density at radius 2 is 1.95 bits per heavy atom. The molecule has 5 rings (SSSR count). The summed E-state index contributed by atoms with van der Waals surface area (Å²) in [7, 11) is 0. The van der Waals surface area contributed by atoms with E-state index in [0.29, 0.717) is 31.2 Å². The molecule has 0 bridgehead atoms. The molecule has 0 radical (unpaired) electrons. The van der Waals surface area contributed by atoms with E-state index in [1.807, 2.05) is 36.9 Å². The van der Waals surface area contributed by atoms with Gasteiger partial charge in [0.2, 0.25) is 5.95 Å². The van der Waals surface area contributed by atoms with E-state index in [9.17, 15) is 10.2 Å². The number of ether oxygens (including phenoxy) is 1. The number of nitrogens with zero attached hydrogens (tertiary/aromatic N) is 3. The zero-order valence-corrected chi connectivity index (χ0v) is 23.4. The lowest BCUT2D eigenvalue weighted by molar-refractivity contribution is -0.205. The van der Waals surface area contributed by atoms with Crippen LogP contribution >= 0.6 is 23.1 Å². The maximum absolute atomic E-state index is 10.4. The lowest BCUT2D eigenvalue weighted by Gasteiger charge is -2.29. The number of aryl methyl sites for hydroxylation is 1. The fraction of sp³-hybridized carbons (Fsp3) is 0.519. The minimum Gasteiger partial charge on any atom is -0.396 e. The van der Waals surface area contributed by atoms with Gasteiger partial charge in [0, 0.05) is 23.8 Å². The number of thiazole rings is 1. The van der Waals surface area contributed by atoms with Crippen molar-refractivity contribution in [3.63, 3.8) is 0 Å². The Labute approximate surface area is 226 Å². The quantitative estimate of drug-likeness (QED) is 0.272. The lowest BCUT2D eigenvalue weighted by Crippen LogP contribution is -2.38. The largest absolute Gasteiger partial charge is 0.396 e. The molecule has 0 spiro atoms. The summed E-state index contributed by atoms with van der Waals surface area (Å²) in [4.78, 5) is 16.0. The molecule has 0 amide bonds. The molecular weight excluding hydrogens is 506 g/mol. The maximum Gasteiger partial charge on any atom is 0.225 e. The molecule has 0 saturated heterocycles. The van der Waals surface area contributed by atoms with Gasteiger partial charge in [-0.25, -0.2) is 9.97 Å². The fourth-order valence-electron chi connectivity index (χ4n) is 5.02. The van der Waals surface area contributed by atoms with Gasteiger partial charge in [-0.1, -0.05) is 17.7 Å². The number of hydrogen-bond donors (Lipinski definition) is 4. The second-order valence-electron chi connectivity index (χ2n) is 10.4. The van der Waals surface area contributed by atoms with Crippen LogP contribution in [0.5, 0.6) is 0 Å². The standard InChI is InChI=1S/C27H35N5O3S2/c1-15-9-10-36-22(15)13-28-26-29-16(2)23(25-31-18-7-5-6-8-21(18)37-25)24(32-26)30-19-11-17(14-33)12-20(19)35-27(3,4)34/h5-8,17,19-20,33-34H,9-14H2,1-4H3,(H2,28,29,30,32)/t17-,19+,20+/m0/s1. The molecule has 2 aromatic heterocycles. The molecular formula is C27H35N5O3S2. The Morgan fingerprint density at radius 1 is 1.14 bits per heavy atom. The molecule has 1 aliphatic heterocycles. The van der Waals surface area contributed by atoms with Gasteiger partial charge in [0.1, 0.15) is 10.8 Å². The first-order chi connectivity index (χ1) is 17.7. The maximum atomic E-state index is 10.4. The predicted molar refractivity (Wildman–Crippen MR) is 152 cm³/mol. The van der Waals surface area contributed by atoms with Crippen molar-refractivity contribution < 1.29 is 14.9 Å². The number of aliphatic hydroxyl groups excluding tert-OH is 1. The first kappa shape index (κ1) is 26.4. The van der Waals surface area contributed by atoms with Gasteiger partial charge in [0.05, 0.1) is 33.6 Å². The summed E-state index contributed by atoms with van der Waals surface area (Å²) in [5, 5.41) is 28.1. The molecule has 8 nitrogen and oxygen atoms in total. The van der Waals surface area contributed by atoms with Crippen molar-refractivity contribution in [2.45, 2.75) is 64.9 Å². The smallest absolute Gasteiger partial charge is 0.225 e. The Kier molecular flexibility index (Phi) is 7.74. The van der Waals surface area contributed by atoms with Gasteiger partial charge < -0.3 is 25.6 Å². The highest BCUT2D eigenvalue weighted by Crippen LogP contribution is 2.39. The zero-order chi connectivity index (χ0) is 26.2. The topological polar surface area (TPSA) is 112 Å². The Hall–Kier alpha value is -2.24. The number of fused-ring (bicyclic) bond motifs is 1. The van der Waals surface area contributed by atoms with Crippen molar-refractivity contribution in [3.8, 4) is 10.6 Å². The number of aliphatic hydroxyl groups is 2. The average molecular weight is 542 g/mol. The first-order valence-electron chi connectivity index (χ1n) is 12.8. The third kappa shape index (κ3) is 6.09. The number of rotatable bonds is 9. The van der Waals surface area contributed by atoms with Crippen molar-refractivity contribution in [2.75, 3.05) is 29.5 Å². The Bertz CT molecular complexity index is 1270. The molecule has 3 aromatic rings. The van der Waals surface area contributed by atoms with Gasteiger partial charge in [0.15, 0.2) is 5.79 Å². The van der Waals surface area contributed by atoms with Crippen LogP contribution in [0.4, 0.5) is 11.8 Å². The molecule has 1 saturated carbocycles. The second kappa shape index (κ2) is 10.9. The highest BCUT2D eigenvalue weighted by molar-refractivity contribution is 8.03. The first-order valence-corrected chi connectivity index (χ1v) is 14.6. The number of benzene rings is 1. The van der Waals surface area contributed by atoms with Gasteiger partial charge in [-0.2, -0.15) is 4.98 Å². The van der Waals surface area contributed by atoms with Gasteiger partial charge >= 0.3 is 0 Å². The van der Waals surface area contributed by atoms with Crippen LogP contribution in [0.3, 0.4) is 0 Å². The van der Waals surface area contributed by atoms with Gasteiger partial charge in [-0.3, -0.25) is 0 Å². The minimum atomic E-state index is -1.27. The summed E-state index contributed by atoms with van der Waals surface area (Å²) in [6.07, 6.45) is 2.23. The normalized spacial score (nSPS) is 22.3. The molecule has 198 valence electrons. The fourth-order valence-corrected chi connectivity index (χ4v) is 7.26. The van der Waals surface area contributed by atoms with Crippen molar-refractivity contribution >= 4 is 45.1 Å². The number of aromatic nitrogens is 3. The molecule has 0 unspecified atom stereocenters. The van der Waals surface area contributed by atoms with Crippen molar-refractivity contribution in [3.05, 3.63) is 40.4 Å². The molecule has 10 heteroatoms. The van der Waals surface area contributed by atoms with Crippen LogP contribution in [-0.4, -0.2) is 62.0 Å². The Morgan fingerprint density at radius 3 is 2.65 bits per heavy atom. The number of hydrogen-bond acceptors (Lipinski definition) is 10. The molecule has 37 heavy (non-hydrogen) atoms.